The fourth-order valence-electron chi connectivity index (χ4n) is 2.04. The van der Waals surface area contributed by atoms with Gasteiger partial charge >= 0.3 is 12.0 Å². The van der Waals surface area contributed by atoms with E-state index in [1.165, 1.54) is 0 Å². The molecule has 1 unspecified atom stereocenters. The third-order valence-corrected chi connectivity index (χ3v) is 3.27. The van der Waals surface area contributed by atoms with Crippen LogP contribution in [-0.2, 0) is 11.2 Å². The van der Waals surface area contributed by atoms with E-state index in [4.69, 9.17) is 9.63 Å². The largest absolute Gasteiger partial charge is 0.481 e. The van der Waals surface area contributed by atoms with E-state index in [-0.39, 0.29) is 13.0 Å². The standard InChI is InChI=1S/C16H20N4O4/c1-11(18-16(23)17-9-5-8-14(21)22)15-19-13(24-20-15)10-12-6-3-2-4-7-12/h2-4,6-7,11H,5,8-10H2,1H3,(H,21,22)(H2,17,18,23). The Kier molecular flexibility index (Phi) is 6.30. The second kappa shape index (κ2) is 8.66. The molecular formula is C16H20N4O4. The van der Waals surface area contributed by atoms with Gasteiger partial charge in [0.2, 0.25) is 5.89 Å². The van der Waals surface area contributed by atoms with Crippen molar-refractivity contribution in [3.05, 3.63) is 47.6 Å². The minimum atomic E-state index is -0.886. The van der Waals surface area contributed by atoms with Crippen LogP contribution in [0.2, 0.25) is 0 Å². The van der Waals surface area contributed by atoms with Crippen LogP contribution in [0, 0.1) is 0 Å². The molecule has 0 aliphatic rings. The Labute approximate surface area is 139 Å². The lowest BCUT2D eigenvalue weighted by Crippen LogP contribution is -2.37. The molecule has 3 N–H and O–H groups in total. The number of hydrogen-bond acceptors (Lipinski definition) is 5. The maximum absolute atomic E-state index is 11.7. The molecule has 2 aromatic rings. The lowest BCUT2D eigenvalue weighted by molar-refractivity contribution is -0.137. The average Bonchev–Trinajstić information content (AvgIpc) is 3.01. The highest BCUT2D eigenvalue weighted by Crippen LogP contribution is 2.11. The summed E-state index contributed by atoms with van der Waals surface area (Å²) >= 11 is 0. The number of hydrogen-bond donors (Lipinski definition) is 3. The second-order valence-electron chi connectivity index (χ2n) is 5.33. The molecule has 8 nitrogen and oxygen atoms in total. The van der Waals surface area contributed by atoms with Crippen molar-refractivity contribution in [1.29, 1.82) is 0 Å². The van der Waals surface area contributed by atoms with Gasteiger partial charge in [-0.15, -0.1) is 0 Å². The number of amides is 2. The molecule has 1 aromatic heterocycles. The van der Waals surface area contributed by atoms with Crippen LogP contribution in [0.1, 0.15) is 43.1 Å². The zero-order valence-electron chi connectivity index (χ0n) is 13.4. The van der Waals surface area contributed by atoms with Gasteiger partial charge in [0.15, 0.2) is 5.82 Å². The predicted molar refractivity (Wildman–Crippen MR) is 85.4 cm³/mol. The Hall–Kier alpha value is -2.90. The van der Waals surface area contributed by atoms with E-state index in [0.29, 0.717) is 24.6 Å². The van der Waals surface area contributed by atoms with Crippen molar-refractivity contribution in [3.63, 3.8) is 0 Å². The number of benzene rings is 1. The molecule has 0 saturated heterocycles. The lowest BCUT2D eigenvalue weighted by Gasteiger charge is -2.10. The van der Waals surface area contributed by atoms with Gasteiger partial charge < -0.3 is 20.3 Å². The number of aliphatic carboxylic acids is 1. The van der Waals surface area contributed by atoms with Crippen molar-refractivity contribution in [3.8, 4) is 0 Å². The smallest absolute Gasteiger partial charge is 0.315 e. The normalized spacial score (nSPS) is 11.7. The van der Waals surface area contributed by atoms with Crippen LogP contribution < -0.4 is 10.6 Å². The molecule has 0 radical (unpaired) electrons. The minimum absolute atomic E-state index is 0.0174. The zero-order valence-corrected chi connectivity index (χ0v) is 13.4. The minimum Gasteiger partial charge on any atom is -0.481 e. The molecular weight excluding hydrogens is 312 g/mol. The monoisotopic (exact) mass is 332 g/mol. The van der Waals surface area contributed by atoms with Crippen LogP contribution in [0.5, 0.6) is 0 Å². The van der Waals surface area contributed by atoms with E-state index >= 15 is 0 Å². The van der Waals surface area contributed by atoms with Gasteiger partial charge in [-0.3, -0.25) is 4.79 Å². The summed E-state index contributed by atoms with van der Waals surface area (Å²) in [6.45, 7) is 2.03. The summed E-state index contributed by atoms with van der Waals surface area (Å²) in [5.74, 6) is -0.0170. The molecule has 128 valence electrons. The van der Waals surface area contributed by atoms with Gasteiger partial charge in [-0.2, -0.15) is 4.98 Å². The number of nitrogens with zero attached hydrogens (tertiary/aromatic N) is 2. The molecule has 0 aliphatic heterocycles. The molecule has 0 aliphatic carbocycles. The van der Waals surface area contributed by atoms with Gasteiger partial charge in [0.25, 0.3) is 0 Å². The summed E-state index contributed by atoms with van der Waals surface area (Å²) in [5.41, 5.74) is 1.06. The zero-order chi connectivity index (χ0) is 17.4. The van der Waals surface area contributed by atoms with Crippen LogP contribution in [0.15, 0.2) is 34.9 Å². The highest BCUT2D eigenvalue weighted by molar-refractivity contribution is 5.74. The van der Waals surface area contributed by atoms with Crippen molar-refractivity contribution in [2.24, 2.45) is 0 Å². The molecule has 24 heavy (non-hydrogen) atoms. The topological polar surface area (TPSA) is 117 Å². The fourth-order valence-corrected chi connectivity index (χ4v) is 2.04. The molecule has 1 atom stereocenters. The first kappa shape index (κ1) is 17.5. The molecule has 2 amide bonds. The molecule has 8 heteroatoms. The van der Waals surface area contributed by atoms with Crippen LogP contribution in [0.4, 0.5) is 4.79 Å². The quantitative estimate of drug-likeness (QED) is 0.635. The number of nitrogens with one attached hydrogen (secondary N) is 2. The number of carboxylic acids is 1. The number of carbonyl (C=O) groups is 2. The van der Waals surface area contributed by atoms with Gasteiger partial charge in [0.05, 0.1) is 12.5 Å². The maximum Gasteiger partial charge on any atom is 0.315 e. The van der Waals surface area contributed by atoms with Gasteiger partial charge in [-0.1, -0.05) is 35.5 Å². The van der Waals surface area contributed by atoms with E-state index in [2.05, 4.69) is 20.8 Å². The summed E-state index contributed by atoms with van der Waals surface area (Å²) in [6, 6.07) is 8.92. The first-order valence-corrected chi connectivity index (χ1v) is 7.67. The van der Waals surface area contributed by atoms with E-state index in [0.717, 1.165) is 5.56 Å². The Morgan fingerprint density at radius 1 is 1.29 bits per heavy atom. The molecule has 0 fully saturated rings. The third kappa shape index (κ3) is 5.71. The second-order valence-corrected chi connectivity index (χ2v) is 5.33. The van der Waals surface area contributed by atoms with Crippen molar-refractivity contribution in [2.75, 3.05) is 6.54 Å². The highest BCUT2D eigenvalue weighted by atomic mass is 16.5. The van der Waals surface area contributed by atoms with Crippen LogP contribution in [-0.4, -0.2) is 33.8 Å². The van der Waals surface area contributed by atoms with E-state index in [1.54, 1.807) is 6.92 Å². The Balaban J connectivity index is 1.79. The van der Waals surface area contributed by atoms with E-state index in [9.17, 15) is 9.59 Å². The Morgan fingerprint density at radius 3 is 2.75 bits per heavy atom. The van der Waals surface area contributed by atoms with Gasteiger partial charge in [-0.25, -0.2) is 4.79 Å². The number of aromatic nitrogens is 2. The number of urea groups is 1. The Morgan fingerprint density at radius 2 is 2.04 bits per heavy atom. The Bertz CT molecular complexity index is 672. The van der Waals surface area contributed by atoms with Crippen molar-refractivity contribution >= 4 is 12.0 Å². The van der Waals surface area contributed by atoms with Crippen molar-refractivity contribution in [1.82, 2.24) is 20.8 Å². The lowest BCUT2D eigenvalue weighted by atomic mass is 10.1. The molecule has 1 aromatic carbocycles. The third-order valence-electron chi connectivity index (χ3n) is 3.27. The van der Waals surface area contributed by atoms with E-state index < -0.39 is 18.0 Å². The fraction of sp³-hybridized carbons (Fsp3) is 0.375. The predicted octanol–water partition coefficient (Wildman–Crippen LogP) is 1.89. The molecule has 2 rings (SSSR count). The number of rotatable bonds is 8. The first-order chi connectivity index (χ1) is 11.5. The van der Waals surface area contributed by atoms with Crippen LogP contribution in [0.3, 0.4) is 0 Å². The first-order valence-electron chi connectivity index (χ1n) is 7.67. The van der Waals surface area contributed by atoms with Crippen LogP contribution >= 0.6 is 0 Å². The number of carbonyl (C=O) groups excluding carboxylic acids is 1. The van der Waals surface area contributed by atoms with Crippen molar-refractivity contribution in [2.45, 2.75) is 32.2 Å². The molecule has 0 bridgehead atoms. The number of carboxylic acid groups (broad SMARTS) is 1. The van der Waals surface area contributed by atoms with E-state index in [1.807, 2.05) is 30.3 Å². The van der Waals surface area contributed by atoms with Crippen LogP contribution in [0.25, 0.3) is 0 Å². The van der Waals surface area contributed by atoms with Crippen molar-refractivity contribution < 1.29 is 19.2 Å². The summed E-state index contributed by atoms with van der Waals surface area (Å²) < 4.78 is 5.20. The summed E-state index contributed by atoms with van der Waals surface area (Å²) in [7, 11) is 0. The van der Waals surface area contributed by atoms with Gasteiger partial charge in [0.1, 0.15) is 0 Å². The summed E-state index contributed by atoms with van der Waals surface area (Å²) in [5, 5.41) is 17.7. The average molecular weight is 332 g/mol. The molecule has 0 saturated carbocycles. The van der Waals surface area contributed by atoms with Gasteiger partial charge in [-0.05, 0) is 18.9 Å². The van der Waals surface area contributed by atoms with Gasteiger partial charge in [0, 0.05) is 13.0 Å². The molecule has 0 spiro atoms. The maximum atomic E-state index is 11.7. The highest BCUT2D eigenvalue weighted by Gasteiger charge is 2.16. The molecule has 1 heterocycles. The summed E-state index contributed by atoms with van der Waals surface area (Å²) in [4.78, 5) is 26.4. The summed E-state index contributed by atoms with van der Waals surface area (Å²) in [6.07, 6.45) is 0.923. The SMILES string of the molecule is CC(NC(=O)NCCCC(=O)O)c1noc(Cc2ccccc2)n1.